The largest absolute Gasteiger partial charge is 0.377 e. The zero-order valence-electron chi connectivity index (χ0n) is 9.97. The molecule has 0 saturated carbocycles. The molecule has 0 saturated heterocycles. The van der Waals surface area contributed by atoms with E-state index in [-0.39, 0.29) is 6.04 Å². The van der Waals surface area contributed by atoms with Crippen LogP contribution in [0, 0.1) is 6.92 Å². The Morgan fingerprint density at radius 2 is 2.06 bits per heavy atom. The molecule has 0 bridgehead atoms. The highest BCUT2D eigenvalue weighted by Crippen LogP contribution is 2.16. The third-order valence-corrected chi connectivity index (χ3v) is 2.54. The summed E-state index contributed by atoms with van der Waals surface area (Å²) in [5.41, 5.74) is 8.29. The number of nitrogens with one attached hydrogen (secondary N) is 1. The molecule has 0 aliphatic rings. The maximum Gasteiger partial charge on any atom is 0.171 e. The summed E-state index contributed by atoms with van der Waals surface area (Å²) in [7, 11) is 1.61. The van der Waals surface area contributed by atoms with Crippen molar-refractivity contribution in [2.24, 2.45) is 5.73 Å². The van der Waals surface area contributed by atoms with Crippen molar-refractivity contribution in [3.05, 3.63) is 47.0 Å². The minimum absolute atomic E-state index is 0.308. The number of aryl methyl sites for hydroxylation is 1. The Morgan fingerprint density at radius 1 is 1.35 bits per heavy atom. The molecule has 0 radical (unpaired) electrons. The van der Waals surface area contributed by atoms with Gasteiger partial charge in [-0.3, -0.25) is 5.10 Å². The zero-order chi connectivity index (χ0) is 12.3. The predicted molar refractivity (Wildman–Crippen MR) is 64.3 cm³/mol. The summed E-state index contributed by atoms with van der Waals surface area (Å²) in [5, 5.41) is 6.90. The van der Waals surface area contributed by atoms with Gasteiger partial charge in [0.05, 0.1) is 6.04 Å². The fourth-order valence-corrected chi connectivity index (χ4v) is 1.57. The van der Waals surface area contributed by atoms with Crippen LogP contribution in [0.1, 0.15) is 28.8 Å². The Kier molecular flexibility index (Phi) is 3.51. The van der Waals surface area contributed by atoms with Gasteiger partial charge in [0.25, 0.3) is 0 Å². The fraction of sp³-hybridized carbons (Fsp3) is 0.333. The quantitative estimate of drug-likeness (QED) is 0.833. The first-order valence-corrected chi connectivity index (χ1v) is 5.43. The predicted octanol–water partition coefficient (Wildman–Crippen LogP) is 1.31. The molecule has 5 nitrogen and oxygen atoms in total. The summed E-state index contributed by atoms with van der Waals surface area (Å²) in [6, 6.07) is 7.73. The number of aromatic amines is 1. The summed E-state index contributed by atoms with van der Waals surface area (Å²) in [4.78, 5) is 4.28. The Morgan fingerprint density at radius 3 is 2.71 bits per heavy atom. The molecule has 3 N–H and O–H groups in total. The van der Waals surface area contributed by atoms with Crippen molar-refractivity contribution in [3.63, 3.8) is 0 Å². The van der Waals surface area contributed by atoms with E-state index >= 15 is 0 Å². The van der Waals surface area contributed by atoms with Crippen LogP contribution in [0.25, 0.3) is 0 Å². The second kappa shape index (κ2) is 5.07. The van der Waals surface area contributed by atoms with Crippen LogP contribution < -0.4 is 5.73 Å². The highest BCUT2D eigenvalue weighted by molar-refractivity contribution is 5.27. The van der Waals surface area contributed by atoms with Crippen molar-refractivity contribution in [3.8, 4) is 0 Å². The molecule has 0 aliphatic heterocycles. The van der Waals surface area contributed by atoms with E-state index < -0.39 is 0 Å². The van der Waals surface area contributed by atoms with Crippen LogP contribution in [-0.2, 0) is 11.3 Å². The number of rotatable bonds is 4. The number of benzene rings is 1. The molecule has 2 rings (SSSR count). The highest BCUT2D eigenvalue weighted by Gasteiger charge is 2.14. The minimum Gasteiger partial charge on any atom is -0.377 e. The number of aromatic nitrogens is 3. The van der Waals surface area contributed by atoms with E-state index in [1.54, 1.807) is 7.11 Å². The molecule has 1 heterocycles. The first-order chi connectivity index (χ1) is 8.20. The molecule has 17 heavy (non-hydrogen) atoms. The number of H-pyrrole nitrogens is 1. The number of hydrogen-bond donors (Lipinski definition) is 2. The van der Waals surface area contributed by atoms with Gasteiger partial charge >= 0.3 is 0 Å². The molecular weight excluding hydrogens is 216 g/mol. The summed E-state index contributed by atoms with van der Waals surface area (Å²) in [6.07, 6.45) is 0. The molecule has 1 atom stereocenters. The number of ether oxygens (including phenoxy) is 1. The average Bonchev–Trinajstić information content (AvgIpc) is 2.78. The van der Waals surface area contributed by atoms with Crippen molar-refractivity contribution in [1.29, 1.82) is 0 Å². The van der Waals surface area contributed by atoms with E-state index in [0.29, 0.717) is 18.3 Å². The lowest BCUT2D eigenvalue weighted by atomic mass is 10.1. The van der Waals surface area contributed by atoms with E-state index in [1.807, 2.05) is 31.2 Å². The van der Waals surface area contributed by atoms with E-state index in [1.165, 1.54) is 5.56 Å². The third-order valence-electron chi connectivity index (χ3n) is 2.54. The molecule has 0 aliphatic carbocycles. The Hall–Kier alpha value is -1.72. The van der Waals surface area contributed by atoms with Crippen LogP contribution in [0.2, 0.25) is 0 Å². The third kappa shape index (κ3) is 2.69. The second-order valence-electron chi connectivity index (χ2n) is 3.96. The van der Waals surface area contributed by atoms with Gasteiger partial charge in [0.1, 0.15) is 6.61 Å². The first-order valence-electron chi connectivity index (χ1n) is 5.43. The summed E-state index contributed by atoms with van der Waals surface area (Å²) in [6.45, 7) is 2.45. The molecule has 1 aromatic carbocycles. The molecule has 90 valence electrons. The van der Waals surface area contributed by atoms with Gasteiger partial charge < -0.3 is 10.5 Å². The van der Waals surface area contributed by atoms with Crippen molar-refractivity contribution >= 4 is 0 Å². The number of hydrogen-bond acceptors (Lipinski definition) is 4. The Labute approximate surface area is 100 Å². The Bertz CT molecular complexity index is 478. The van der Waals surface area contributed by atoms with Gasteiger partial charge in [-0.25, -0.2) is 4.98 Å². The van der Waals surface area contributed by atoms with Crippen molar-refractivity contribution in [1.82, 2.24) is 15.2 Å². The minimum atomic E-state index is -0.308. The topological polar surface area (TPSA) is 76.8 Å². The standard InChI is InChI=1S/C12H16N4O/c1-8-3-5-9(6-4-8)11(13)12-14-10(7-17-2)15-16-12/h3-6,11H,7,13H2,1-2H3,(H,14,15,16)/t11-/m1/s1. The lowest BCUT2D eigenvalue weighted by Gasteiger charge is -2.07. The molecule has 0 amide bonds. The normalized spacial score (nSPS) is 12.6. The van der Waals surface area contributed by atoms with Crippen LogP contribution in [-0.4, -0.2) is 22.3 Å². The molecule has 5 heteroatoms. The lowest BCUT2D eigenvalue weighted by Crippen LogP contribution is -2.13. The smallest absolute Gasteiger partial charge is 0.171 e. The Balaban J connectivity index is 2.18. The van der Waals surface area contributed by atoms with Gasteiger partial charge in [-0.2, -0.15) is 5.10 Å². The fourth-order valence-electron chi connectivity index (χ4n) is 1.57. The summed E-state index contributed by atoms with van der Waals surface area (Å²) >= 11 is 0. The molecule has 0 spiro atoms. The van der Waals surface area contributed by atoms with Crippen LogP contribution >= 0.6 is 0 Å². The SMILES string of the molecule is COCc1nc([C@H](N)c2ccc(C)cc2)n[nH]1. The summed E-state index contributed by atoms with van der Waals surface area (Å²) in [5.74, 6) is 1.27. The van der Waals surface area contributed by atoms with E-state index in [9.17, 15) is 0 Å². The van der Waals surface area contributed by atoms with Gasteiger partial charge in [0, 0.05) is 7.11 Å². The number of nitrogens with zero attached hydrogens (tertiary/aromatic N) is 2. The lowest BCUT2D eigenvalue weighted by molar-refractivity contribution is 0.178. The second-order valence-corrected chi connectivity index (χ2v) is 3.96. The molecule has 0 unspecified atom stereocenters. The molecule has 0 fully saturated rings. The van der Waals surface area contributed by atoms with Crippen molar-refractivity contribution < 1.29 is 4.74 Å². The van der Waals surface area contributed by atoms with E-state index in [2.05, 4.69) is 15.2 Å². The maximum absolute atomic E-state index is 6.09. The molecular formula is C12H16N4O. The number of methoxy groups -OCH3 is 1. The van der Waals surface area contributed by atoms with E-state index in [4.69, 9.17) is 10.5 Å². The average molecular weight is 232 g/mol. The number of nitrogens with two attached hydrogens (primary N) is 1. The maximum atomic E-state index is 6.09. The van der Waals surface area contributed by atoms with Crippen molar-refractivity contribution in [2.45, 2.75) is 19.6 Å². The van der Waals surface area contributed by atoms with Gasteiger partial charge in [0.2, 0.25) is 0 Å². The van der Waals surface area contributed by atoms with Gasteiger partial charge in [0.15, 0.2) is 11.6 Å². The van der Waals surface area contributed by atoms with Gasteiger partial charge in [-0.1, -0.05) is 29.8 Å². The monoisotopic (exact) mass is 232 g/mol. The van der Waals surface area contributed by atoms with Crippen LogP contribution in [0.3, 0.4) is 0 Å². The van der Waals surface area contributed by atoms with Crippen LogP contribution in [0.5, 0.6) is 0 Å². The van der Waals surface area contributed by atoms with Crippen LogP contribution in [0.4, 0.5) is 0 Å². The first kappa shape index (κ1) is 11.8. The summed E-state index contributed by atoms with van der Waals surface area (Å²) < 4.78 is 4.97. The van der Waals surface area contributed by atoms with Gasteiger partial charge in [-0.05, 0) is 12.5 Å². The van der Waals surface area contributed by atoms with Crippen LogP contribution in [0.15, 0.2) is 24.3 Å². The van der Waals surface area contributed by atoms with Crippen molar-refractivity contribution in [2.75, 3.05) is 7.11 Å². The highest BCUT2D eigenvalue weighted by atomic mass is 16.5. The van der Waals surface area contributed by atoms with Gasteiger partial charge in [-0.15, -0.1) is 0 Å². The zero-order valence-corrected chi connectivity index (χ0v) is 9.97. The molecule has 2 aromatic rings. The molecule has 1 aromatic heterocycles. The van der Waals surface area contributed by atoms with E-state index in [0.717, 1.165) is 5.56 Å².